The van der Waals surface area contributed by atoms with E-state index in [9.17, 15) is 4.79 Å². The van der Waals surface area contributed by atoms with Crippen LogP contribution in [0, 0.1) is 0 Å². The monoisotopic (exact) mass is 579 g/mol. The van der Waals surface area contributed by atoms with E-state index in [-0.39, 0.29) is 6.09 Å². The van der Waals surface area contributed by atoms with Crippen molar-refractivity contribution in [2.75, 3.05) is 45.3 Å². The summed E-state index contributed by atoms with van der Waals surface area (Å²) in [7, 11) is 3.35. The first-order chi connectivity index (χ1) is 20.7. The van der Waals surface area contributed by atoms with Crippen molar-refractivity contribution in [1.29, 1.82) is 0 Å². The predicted molar refractivity (Wildman–Crippen MR) is 173 cm³/mol. The number of anilines is 3. The fraction of sp³-hybridized carbons (Fsp3) is 0.306. The van der Waals surface area contributed by atoms with Crippen molar-refractivity contribution in [3.05, 3.63) is 103 Å². The molecule has 1 heterocycles. The first-order valence-electron chi connectivity index (χ1n) is 14.7. The van der Waals surface area contributed by atoms with Gasteiger partial charge in [-0.05, 0) is 104 Å². The van der Waals surface area contributed by atoms with E-state index < -0.39 is 5.60 Å². The second kappa shape index (κ2) is 13.2. The normalized spacial score (nSPS) is 13.8. The molecule has 0 unspecified atom stereocenters. The molecule has 0 spiro atoms. The maximum atomic E-state index is 12.4. The number of amides is 1. The Morgan fingerprint density at radius 2 is 1.21 bits per heavy atom. The fourth-order valence-electron chi connectivity index (χ4n) is 5.24. The van der Waals surface area contributed by atoms with Crippen molar-refractivity contribution in [3.8, 4) is 22.6 Å². The van der Waals surface area contributed by atoms with Crippen molar-refractivity contribution in [2.45, 2.75) is 32.9 Å². The zero-order chi connectivity index (χ0) is 30.4. The van der Waals surface area contributed by atoms with E-state index in [0.29, 0.717) is 13.1 Å². The molecule has 0 aromatic heterocycles. The van der Waals surface area contributed by atoms with Gasteiger partial charge in [0.25, 0.3) is 0 Å². The molecule has 0 N–H and O–H groups in total. The molecule has 1 aliphatic heterocycles. The van der Waals surface area contributed by atoms with Gasteiger partial charge >= 0.3 is 6.09 Å². The van der Waals surface area contributed by atoms with Crippen LogP contribution < -0.4 is 14.4 Å². The molecule has 0 bridgehead atoms. The number of hydrogen-bond acceptors (Lipinski definition) is 6. The Hall–Kier alpha value is -4.49. The predicted octanol–water partition coefficient (Wildman–Crippen LogP) is 7.89. The Kier molecular flexibility index (Phi) is 9.22. The molecular weight excluding hydrogens is 538 g/mol. The lowest BCUT2D eigenvalue weighted by Gasteiger charge is -2.35. The molecular formula is C36H41N3O4. The highest BCUT2D eigenvalue weighted by Gasteiger charge is 2.26. The highest BCUT2D eigenvalue weighted by atomic mass is 16.6. The van der Waals surface area contributed by atoms with Crippen LogP contribution in [0.3, 0.4) is 0 Å². The molecule has 1 fully saturated rings. The van der Waals surface area contributed by atoms with Crippen molar-refractivity contribution >= 4 is 23.2 Å². The number of piperazine rings is 1. The average Bonchev–Trinajstić information content (AvgIpc) is 3.02. The third kappa shape index (κ3) is 7.67. The molecule has 43 heavy (non-hydrogen) atoms. The molecule has 7 heteroatoms. The van der Waals surface area contributed by atoms with Crippen LogP contribution in [0.25, 0.3) is 11.1 Å². The smallest absolute Gasteiger partial charge is 0.410 e. The second-order valence-corrected chi connectivity index (χ2v) is 11.7. The van der Waals surface area contributed by atoms with Gasteiger partial charge in [-0.15, -0.1) is 0 Å². The molecule has 7 nitrogen and oxygen atoms in total. The van der Waals surface area contributed by atoms with Gasteiger partial charge in [-0.25, -0.2) is 4.79 Å². The number of carbonyl (C=O) groups excluding carboxylic acids is 1. The molecule has 5 rings (SSSR count). The van der Waals surface area contributed by atoms with Crippen LogP contribution in [-0.2, 0) is 11.3 Å². The van der Waals surface area contributed by atoms with Crippen LogP contribution >= 0.6 is 0 Å². The lowest BCUT2D eigenvalue weighted by atomic mass is 10.0. The van der Waals surface area contributed by atoms with Gasteiger partial charge in [0, 0.05) is 49.8 Å². The maximum absolute atomic E-state index is 12.4. The Balaban J connectivity index is 1.30. The minimum absolute atomic E-state index is 0.227. The number of hydrogen-bond donors (Lipinski definition) is 0. The van der Waals surface area contributed by atoms with Crippen molar-refractivity contribution in [3.63, 3.8) is 0 Å². The number of ether oxygens (including phenoxy) is 3. The van der Waals surface area contributed by atoms with E-state index in [1.807, 2.05) is 45.0 Å². The number of nitrogens with zero attached hydrogens (tertiary/aromatic N) is 3. The Morgan fingerprint density at radius 3 is 1.70 bits per heavy atom. The van der Waals surface area contributed by atoms with E-state index in [2.05, 4.69) is 82.6 Å². The van der Waals surface area contributed by atoms with Gasteiger partial charge in [-0.3, -0.25) is 4.90 Å². The van der Waals surface area contributed by atoms with E-state index in [4.69, 9.17) is 14.2 Å². The summed E-state index contributed by atoms with van der Waals surface area (Å²) in [4.78, 5) is 18.8. The van der Waals surface area contributed by atoms with Gasteiger partial charge in [0.2, 0.25) is 0 Å². The van der Waals surface area contributed by atoms with Crippen molar-refractivity contribution < 1.29 is 19.0 Å². The van der Waals surface area contributed by atoms with Gasteiger partial charge in [0.15, 0.2) is 0 Å². The van der Waals surface area contributed by atoms with Gasteiger partial charge < -0.3 is 24.0 Å². The third-order valence-corrected chi connectivity index (χ3v) is 7.48. The maximum Gasteiger partial charge on any atom is 0.410 e. The van der Waals surface area contributed by atoms with Crippen LogP contribution in [0.1, 0.15) is 26.3 Å². The Labute approximate surface area is 255 Å². The highest BCUT2D eigenvalue weighted by Crippen LogP contribution is 2.37. The standard InChI is InChI=1S/C36H41N3O4/c1-36(2,3)43-35(40)38-23-21-37(22-24-38)26-27-7-6-8-29(25-27)28-9-11-30(12-10-28)39(31-13-17-33(41-4)18-14-31)32-15-19-34(42-5)20-16-32/h6-20,25H,21-24,26H2,1-5H3. The third-order valence-electron chi connectivity index (χ3n) is 7.48. The van der Waals surface area contributed by atoms with Crippen LogP contribution in [0.4, 0.5) is 21.9 Å². The summed E-state index contributed by atoms with van der Waals surface area (Å²) in [6, 6.07) is 33.5. The molecule has 4 aromatic carbocycles. The van der Waals surface area contributed by atoms with Gasteiger partial charge in [0.05, 0.1) is 14.2 Å². The van der Waals surface area contributed by atoms with Crippen molar-refractivity contribution in [2.24, 2.45) is 0 Å². The molecule has 1 saturated heterocycles. The summed E-state index contributed by atoms with van der Waals surface area (Å²) in [5.41, 5.74) is 6.24. The molecule has 4 aromatic rings. The minimum atomic E-state index is -0.476. The van der Waals surface area contributed by atoms with Gasteiger partial charge in [0.1, 0.15) is 17.1 Å². The lowest BCUT2D eigenvalue weighted by molar-refractivity contribution is 0.0139. The topological polar surface area (TPSA) is 54.5 Å². The van der Waals surface area contributed by atoms with E-state index in [1.54, 1.807) is 19.1 Å². The summed E-state index contributed by atoms with van der Waals surface area (Å²) in [5, 5.41) is 0. The SMILES string of the molecule is COc1ccc(N(c2ccc(OC)cc2)c2ccc(-c3cccc(CN4CCN(C(=O)OC(C)(C)C)CC4)c3)cc2)cc1. The molecule has 224 valence electrons. The fourth-order valence-corrected chi connectivity index (χ4v) is 5.24. The summed E-state index contributed by atoms with van der Waals surface area (Å²) in [6.07, 6.45) is -0.227. The van der Waals surface area contributed by atoms with E-state index in [0.717, 1.165) is 53.8 Å². The zero-order valence-electron chi connectivity index (χ0n) is 25.7. The minimum Gasteiger partial charge on any atom is -0.497 e. The van der Waals surface area contributed by atoms with Crippen LogP contribution in [0.5, 0.6) is 11.5 Å². The second-order valence-electron chi connectivity index (χ2n) is 11.7. The molecule has 0 radical (unpaired) electrons. The number of carbonyl (C=O) groups is 1. The average molecular weight is 580 g/mol. The number of rotatable bonds is 8. The molecule has 0 atom stereocenters. The van der Waals surface area contributed by atoms with Gasteiger partial charge in [-0.2, -0.15) is 0 Å². The first kappa shape index (κ1) is 30.0. The quantitative estimate of drug-likeness (QED) is 0.212. The summed E-state index contributed by atoms with van der Waals surface area (Å²) < 4.78 is 16.3. The molecule has 1 aliphatic rings. The van der Waals surface area contributed by atoms with Crippen LogP contribution in [-0.4, -0.2) is 61.9 Å². The van der Waals surface area contributed by atoms with Crippen molar-refractivity contribution in [1.82, 2.24) is 9.80 Å². The van der Waals surface area contributed by atoms with Crippen LogP contribution in [0.2, 0.25) is 0 Å². The zero-order valence-corrected chi connectivity index (χ0v) is 25.7. The van der Waals surface area contributed by atoms with Crippen LogP contribution in [0.15, 0.2) is 97.1 Å². The largest absolute Gasteiger partial charge is 0.497 e. The van der Waals surface area contributed by atoms with E-state index in [1.165, 1.54) is 11.1 Å². The molecule has 0 aliphatic carbocycles. The number of methoxy groups -OCH3 is 2. The molecule has 0 saturated carbocycles. The Bertz CT molecular complexity index is 1440. The van der Waals surface area contributed by atoms with E-state index >= 15 is 0 Å². The Morgan fingerprint density at radius 1 is 0.698 bits per heavy atom. The summed E-state index contributed by atoms with van der Waals surface area (Å²) >= 11 is 0. The first-order valence-corrected chi connectivity index (χ1v) is 14.7. The highest BCUT2D eigenvalue weighted by molar-refractivity contribution is 5.78. The number of benzene rings is 4. The summed E-state index contributed by atoms with van der Waals surface area (Å²) in [5.74, 6) is 1.64. The van der Waals surface area contributed by atoms with Gasteiger partial charge in [-0.1, -0.05) is 30.3 Å². The lowest BCUT2D eigenvalue weighted by Crippen LogP contribution is -2.49. The molecule has 1 amide bonds. The summed E-state index contributed by atoms with van der Waals surface area (Å²) in [6.45, 7) is 9.55.